The average molecular weight is 1690 g/mol. The number of nitrogens with zero attached hydrogens (tertiary/aromatic N) is 3. The molecule has 0 atom stereocenters. The van der Waals surface area contributed by atoms with Crippen LogP contribution < -0.4 is 10.6 Å². The smallest absolute Gasteiger partial charge is 0.256 e. The molecule has 1 aromatic carbocycles. The summed E-state index contributed by atoms with van der Waals surface area (Å²) in [5, 5.41) is 357. The van der Waals surface area contributed by atoms with Crippen molar-refractivity contribution < 1.29 is 343 Å². The number of amides is 2. The zero-order valence-corrected chi connectivity index (χ0v) is 55.5. The summed E-state index contributed by atoms with van der Waals surface area (Å²) in [7, 11) is 2.64. The molecule has 0 unspecified atom stereocenters. The first-order chi connectivity index (χ1) is 53.3. The van der Waals surface area contributed by atoms with E-state index < -0.39 is 5.82 Å². The molecule has 680 valence electrons. The average Bonchev–Trinajstić information content (AvgIpc) is 1.65. The first kappa shape index (κ1) is 180. The van der Waals surface area contributed by atoms with Crippen molar-refractivity contribution in [3.63, 3.8) is 0 Å². The van der Waals surface area contributed by atoms with Gasteiger partial charge in [0.25, 0.3) is 11.8 Å². The lowest BCUT2D eigenvalue weighted by Gasteiger charge is -2.07. The molecular formula is C36H109FN6O65. The van der Waals surface area contributed by atoms with Gasteiger partial charge in [-0.15, -0.1) is 5.10 Å². The Bertz CT molecular complexity index is 1680. The maximum absolute atomic E-state index is 13.8. The number of methoxy groups -OCH3 is 1. The predicted molar refractivity (Wildman–Crippen MR) is 341 cm³/mol. The third-order valence-electron chi connectivity index (χ3n) is 7.93. The maximum Gasteiger partial charge on any atom is 0.256 e. The van der Waals surface area contributed by atoms with Crippen molar-refractivity contribution in [2.24, 2.45) is 0 Å². The normalized spacial score (nSPS) is 7.72. The number of carbonyl (C=O) groups is 3. The molecule has 0 saturated heterocycles. The SMILES string of the molecule is CO.COCCOCCc1cn(CCOCCOCCOCCC(=O)CCCNC(=O)c2c(C)[nH]c(/C=C3\C(=O)Nc4ccc(F)cc43)c2C)nn1.OO.OO.OO.OO.OO.OO.OO.OO.OO.OO.OO.OO.OO.OO.OO.OO.OO.OO.OO.OO.OO.OO.OO.OO.OO.OO.OO.OO.[2HH]. The number of H-pyrrole nitrogens is 1. The van der Waals surface area contributed by atoms with Gasteiger partial charge in [-0.3, -0.25) is 309 Å². The van der Waals surface area contributed by atoms with Gasteiger partial charge in [0.1, 0.15) is 11.6 Å². The van der Waals surface area contributed by atoms with E-state index in [0.29, 0.717) is 131 Å². The van der Waals surface area contributed by atoms with E-state index in [-0.39, 0.29) is 25.4 Å². The molecule has 3 heterocycles. The van der Waals surface area contributed by atoms with Crippen LogP contribution in [0.15, 0.2) is 24.4 Å². The van der Waals surface area contributed by atoms with Crippen LogP contribution in [0.1, 0.15) is 59.3 Å². The Hall–Kier alpha value is -6.56. The zero-order chi connectivity index (χ0) is 93.7. The summed E-state index contributed by atoms with van der Waals surface area (Å²) < 4.78 is 42.5. The zero-order valence-electron chi connectivity index (χ0n) is 55.5. The Labute approximate surface area is 599 Å². The highest BCUT2D eigenvalue weighted by Gasteiger charge is 2.26. The number of halogens is 1. The number of aliphatic hydroxyl groups excluding tert-OH is 1. The van der Waals surface area contributed by atoms with Gasteiger partial charge in [0.05, 0.1) is 82.8 Å². The second-order valence-corrected chi connectivity index (χ2v) is 11.7. The van der Waals surface area contributed by atoms with Gasteiger partial charge < -0.3 is 44.4 Å². The van der Waals surface area contributed by atoms with Crippen molar-refractivity contribution in [2.75, 3.05) is 85.5 Å². The number of ketones is 1. The third-order valence-corrected chi connectivity index (χ3v) is 7.93. The van der Waals surface area contributed by atoms with Crippen molar-refractivity contribution in [1.82, 2.24) is 25.3 Å². The van der Waals surface area contributed by atoms with Crippen molar-refractivity contribution >= 4 is 34.9 Å². The molecule has 0 fully saturated rings. The summed E-state index contributed by atoms with van der Waals surface area (Å²) in [6.45, 7) is 8.65. The fourth-order valence-electron chi connectivity index (χ4n) is 5.28. The van der Waals surface area contributed by atoms with Crippen LogP contribution in [-0.2, 0) is 46.2 Å². The van der Waals surface area contributed by atoms with E-state index in [1.807, 2.05) is 6.20 Å². The van der Waals surface area contributed by atoms with Crippen LogP contribution in [0, 0.1) is 19.7 Å². The molecule has 3 aromatic rings. The number of aromatic amines is 1. The highest BCUT2D eigenvalue weighted by atomic mass is 19.1. The van der Waals surface area contributed by atoms with E-state index in [1.165, 1.54) is 18.2 Å². The number of fused-ring (bicyclic) bond motifs is 1. The number of Topliss-reactive ketones (excluding diaryl/α,β-unsaturated/α-hetero) is 1. The van der Waals surface area contributed by atoms with Gasteiger partial charge in [0.2, 0.25) is 0 Å². The van der Waals surface area contributed by atoms with Crippen LogP contribution in [0.4, 0.5) is 10.1 Å². The molecule has 0 bridgehead atoms. The first-order valence-corrected chi connectivity index (χ1v) is 22.8. The summed E-state index contributed by atoms with van der Waals surface area (Å²) >= 11 is 0. The van der Waals surface area contributed by atoms with E-state index in [1.54, 1.807) is 31.7 Å². The molecule has 4 rings (SSSR count). The van der Waals surface area contributed by atoms with Crippen LogP contribution in [0.5, 0.6) is 0 Å². The number of hydrogen-bond donors (Lipinski definition) is 60. The van der Waals surface area contributed by atoms with Crippen molar-refractivity contribution in [3.05, 3.63) is 64.0 Å². The number of aromatic nitrogens is 4. The number of anilines is 1. The van der Waals surface area contributed by atoms with Gasteiger partial charge in [-0.1, -0.05) is 5.21 Å². The van der Waals surface area contributed by atoms with Crippen LogP contribution in [0.25, 0.3) is 11.6 Å². The Kier molecular flexibility index (Phi) is 424. The number of aliphatic hydroxyl groups is 1. The quantitative estimate of drug-likeness (QED) is 0.0263. The fourth-order valence-corrected chi connectivity index (χ4v) is 5.28. The van der Waals surface area contributed by atoms with E-state index >= 15 is 0 Å². The van der Waals surface area contributed by atoms with Crippen LogP contribution in [0.2, 0.25) is 0 Å². The minimum Gasteiger partial charge on any atom is -0.400 e. The van der Waals surface area contributed by atoms with Gasteiger partial charge in [0, 0.05) is 70.3 Å². The van der Waals surface area contributed by atoms with Crippen LogP contribution in [0.3, 0.4) is 0 Å². The Morgan fingerprint density at radius 3 is 1.18 bits per heavy atom. The molecule has 1 aliphatic heterocycles. The van der Waals surface area contributed by atoms with Gasteiger partial charge in [-0.2, -0.15) is 0 Å². The fraction of sp³-hybridized carbons (Fsp3) is 0.528. The number of benzene rings is 1. The second kappa shape index (κ2) is 255. The number of nitrogens with one attached hydrogen (secondary N) is 3. The maximum atomic E-state index is 13.8. The van der Waals surface area contributed by atoms with E-state index in [4.69, 9.17) is 323 Å². The summed E-state index contributed by atoms with van der Waals surface area (Å²) in [5.41, 5.74) is 4.57. The van der Waals surface area contributed by atoms with E-state index in [0.717, 1.165) is 12.8 Å². The predicted octanol–water partition coefficient (Wildman–Crippen LogP) is 3.62. The molecule has 71 nitrogen and oxygen atoms in total. The topological polar surface area (TPSA) is 1320 Å². The second-order valence-electron chi connectivity index (χ2n) is 11.7. The van der Waals surface area contributed by atoms with Crippen molar-refractivity contribution in [1.29, 1.82) is 0 Å². The molecule has 0 spiro atoms. The molecule has 2 aromatic heterocycles. The number of ether oxygens (including phenoxy) is 5. The van der Waals surface area contributed by atoms with E-state index in [9.17, 15) is 18.8 Å². The lowest BCUT2D eigenvalue weighted by atomic mass is 10.0. The van der Waals surface area contributed by atoms with Gasteiger partial charge >= 0.3 is 0 Å². The number of rotatable bonds is 24. The Morgan fingerprint density at radius 2 is 0.815 bits per heavy atom. The Balaban J connectivity index is -0.0000000384. The van der Waals surface area contributed by atoms with Gasteiger partial charge in [-0.05, 0) is 50.1 Å². The molecule has 0 aliphatic carbocycles. The highest BCUT2D eigenvalue weighted by molar-refractivity contribution is 6.35. The molecule has 0 radical (unpaired) electrons. The molecular weight excluding hydrogens is 1580 g/mol. The monoisotopic (exact) mass is 1690 g/mol. The molecule has 108 heavy (non-hydrogen) atoms. The van der Waals surface area contributed by atoms with Gasteiger partial charge in [-0.25, -0.2) is 9.07 Å². The highest BCUT2D eigenvalue weighted by Crippen LogP contribution is 2.34. The van der Waals surface area contributed by atoms with Crippen LogP contribution in [-0.4, -0.2) is 417 Å². The molecule has 1 aliphatic rings. The minimum atomic E-state index is -0.442. The lowest BCUT2D eigenvalue weighted by molar-refractivity contribution is -0.176. The lowest BCUT2D eigenvalue weighted by Crippen LogP contribution is -2.26. The molecule has 0 saturated carbocycles. The summed E-state index contributed by atoms with van der Waals surface area (Å²) in [6, 6.07) is 4.12. The van der Waals surface area contributed by atoms with Crippen LogP contribution >= 0.6 is 0 Å². The molecule has 72 heteroatoms. The molecule has 2 amide bonds. The van der Waals surface area contributed by atoms with Crippen molar-refractivity contribution in [3.8, 4) is 0 Å². The first-order valence-electron chi connectivity index (χ1n) is 22.8. The summed E-state index contributed by atoms with van der Waals surface area (Å²) in [4.78, 5) is 40.9. The summed E-state index contributed by atoms with van der Waals surface area (Å²) in [6.07, 6.45) is 5.31. The largest absolute Gasteiger partial charge is 0.400 e. The van der Waals surface area contributed by atoms with Crippen molar-refractivity contribution in [2.45, 2.75) is 46.1 Å². The third kappa shape index (κ3) is 153. The summed E-state index contributed by atoms with van der Waals surface area (Å²) in [5.74, 6) is -0.999. The number of carbonyl (C=O) groups excluding carboxylic acids is 3. The number of hydrogen-bond acceptors (Lipinski definition) is 67. The number of aryl methyl sites for hydroxylation is 1. The molecule has 60 N–H and O–H groups in total. The Morgan fingerprint density at radius 1 is 0.481 bits per heavy atom. The van der Waals surface area contributed by atoms with Gasteiger partial charge in [0.15, 0.2) is 0 Å². The minimum absolute atomic E-state index is 0. The standard InChI is InChI=1S/C35H47FN6O8.CH4O.28H2O2.H2/c1-24-32(22-30-29-21-26(36)6-7-31(29)39-34(30)44)38-25(2)33(24)35(45)37-10-4-5-28(43)9-13-48-17-19-50-20-18-49-14-11-42-23-27(40-41-42)8-12-47-16-15-46-3;29*1-2;/h6-7,21-23,38H,4-5,8-20H2,1-3H3,(H,37,45)(H,39,44);2H,1H3;28*1-2H;1H/b30-22-;;;;;;;;;;;;;;;;;;;;;;;;;;;;;;/i;;;;;;;;;;;;;;;;;;;;;;;;;;;;;;1+1. The van der Waals surface area contributed by atoms with E-state index in [2.05, 4.69) is 25.9 Å².